The third-order valence-corrected chi connectivity index (χ3v) is 1.43. The lowest BCUT2D eigenvalue weighted by Gasteiger charge is -1.90. The van der Waals surface area contributed by atoms with Crippen molar-refractivity contribution < 1.29 is 5.11 Å². The van der Waals surface area contributed by atoms with E-state index < -0.39 is 0 Å². The van der Waals surface area contributed by atoms with Crippen LogP contribution in [0.1, 0.15) is 5.56 Å². The minimum atomic E-state index is 0.872. The molecule has 0 unspecified atom stereocenters. The van der Waals surface area contributed by atoms with Crippen LogP contribution >= 0.6 is 15.9 Å². The summed E-state index contributed by atoms with van der Waals surface area (Å²) in [5.74, 6) is 0. The first-order valence-electron chi connectivity index (χ1n) is 2.74. The van der Waals surface area contributed by atoms with Crippen molar-refractivity contribution >= 4 is 22.0 Å². The molecule has 0 aliphatic carbocycles. The monoisotopic (exact) mass is 199 g/mol. The van der Waals surface area contributed by atoms with E-state index in [9.17, 15) is 0 Å². The second kappa shape index (κ2) is 3.37. The van der Waals surface area contributed by atoms with Gasteiger partial charge in [0.15, 0.2) is 0 Å². The molecule has 1 heterocycles. The number of aromatic nitrogens is 1. The highest BCUT2D eigenvalue weighted by Gasteiger charge is 1.87. The summed E-state index contributed by atoms with van der Waals surface area (Å²) in [5.41, 5.74) is 0.872. The van der Waals surface area contributed by atoms with E-state index in [0.29, 0.717) is 0 Å². The van der Waals surface area contributed by atoms with Crippen molar-refractivity contribution in [3.8, 4) is 0 Å². The van der Waals surface area contributed by atoms with E-state index in [2.05, 4.69) is 20.9 Å². The van der Waals surface area contributed by atoms with Gasteiger partial charge < -0.3 is 5.11 Å². The predicted molar refractivity (Wildman–Crippen MR) is 43.6 cm³/mol. The van der Waals surface area contributed by atoms with Gasteiger partial charge in [0.25, 0.3) is 0 Å². The van der Waals surface area contributed by atoms with Crippen LogP contribution in [-0.2, 0) is 0 Å². The summed E-state index contributed by atoms with van der Waals surface area (Å²) in [5, 5.41) is 8.39. The van der Waals surface area contributed by atoms with Gasteiger partial charge in [-0.05, 0) is 33.6 Å². The van der Waals surface area contributed by atoms with Gasteiger partial charge in [0.1, 0.15) is 0 Å². The molecule has 0 aliphatic heterocycles. The first-order valence-corrected chi connectivity index (χ1v) is 3.53. The highest BCUT2D eigenvalue weighted by Crippen LogP contribution is 2.09. The molecule has 0 aliphatic rings. The lowest BCUT2D eigenvalue weighted by atomic mass is 10.3. The van der Waals surface area contributed by atoms with Crippen molar-refractivity contribution in [3.63, 3.8) is 0 Å². The van der Waals surface area contributed by atoms with Crippen molar-refractivity contribution in [2.45, 2.75) is 0 Å². The van der Waals surface area contributed by atoms with E-state index in [4.69, 9.17) is 5.11 Å². The zero-order chi connectivity index (χ0) is 7.40. The van der Waals surface area contributed by atoms with Gasteiger partial charge in [0.05, 0.1) is 6.26 Å². The first-order chi connectivity index (χ1) is 4.83. The molecule has 1 rings (SSSR count). The average Bonchev–Trinajstić information content (AvgIpc) is 1.88. The molecule has 3 heteroatoms. The topological polar surface area (TPSA) is 33.1 Å². The highest BCUT2D eigenvalue weighted by atomic mass is 79.9. The quantitative estimate of drug-likeness (QED) is 0.706. The normalized spacial score (nSPS) is 10.5. The molecule has 1 N–H and O–H groups in total. The number of hydrogen-bond donors (Lipinski definition) is 1. The second-order valence-electron chi connectivity index (χ2n) is 1.75. The molecule has 1 aromatic rings. The Hall–Kier alpha value is -0.830. The molecule has 0 fully saturated rings. The molecule has 0 saturated heterocycles. The molecule has 0 amide bonds. The van der Waals surface area contributed by atoms with Crippen LogP contribution in [0.15, 0.2) is 29.2 Å². The van der Waals surface area contributed by atoms with E-state index in [1.54, 1.807) is 18.5 Å². The summed E-state index contributed by atoms with van der Waals surface area (Å²) in [6.45, 7) is 0. The molecular weight excluding hydrogens is 194 g/mol. The molecule has 0 aromatic carbocycles. The fraction of sp³-hybridized carbons (Fsp3) is 0. The lowest BCUT2D eigenvalue weighted by molar-refractivity contribution is 0.478. The fourth-order valence-electron chi connectivity index (χ4n) is 0.606. The molecule has 0 bridgehead atoms. The molecule has 2 nitrogen and oxygen atoms in total. The number of nitrogens with zero attached hydrogens (tertiary/aromatic N) is 1. The number of aliphatic hydroxyl groups is 1. The third kappa shape index (κ3) is 1.84. The van der Waals surface area contributed by atoms with Crippen molar-refractivity contribution in [3.05, 3.63) is 34.8 Å². The van der Waals surface area contributed by atoms with Gasteiger partial charge in [-0.2, -0.15) is 0 Å². The molecule has 52 valence electrons. The predicted octanol–water partition coefficient (Wildman–Crippen LogP) is 2.37. The Morgan fingerprint density at radius 2 is 2.30 bits per heavy atom. The molecule has 0 radical (unpaired) electrons. The van der Waals surface area contributed by atoms with Crippen molar-refractivity contribution in [1.29, 1.82) is 0 Å². The summed E-state index contributed by atoms with van der Waals surface area (Å²) < 4.78 is 0.906. The van der Waals surface area contributed by atoms with Crippen molar-refractivity contribution in [2.24, 2.45) is 0 Å². The maximum atomic E-state index is 8.39. The highest BCUT2D eigenvalue weighted by molar-refractivity contribution is 9.10. The molecule has 0 spiro atoms. The Kier molecular flexibility index (Phi) is 2.45. The maximum absolute atomic E-state index is 8.39. The number of rotatable bonds is 1. The van der Waals surface area contributed by atoms with Gasteiger partial charge in [0.2, 0.25) is 0 Å². The van der Waals surface area contributed by atoms with Gasteiger partial charge in [-0.25, -0.2) is 0 Å². The first kappa shape index (κ1) is 7.28. The minimum Gasteiger partial charge on any atom is -0.516 e. The van der Waals surface area contributed by atoms with E-state index in [-0.39, 0.29) is 0 Å². The van der Waals surface area contributed by atoms with Crippen molar-refractivity contribution in [1.82, 2.24) is 4.98 Å². The number of halogens is 1. The SMILES string of the molecule is O/C=C/c1cncc(Br)c1. The van der Waals surface area contributed by atoms with E-state index >= 15 is 0 Å². The van der Waals surface area contributed by atoms with Crippen LogP contribution in [0.25, 0.3) is 6.08 Å². The summed E-state index contributed by atoms with van der Waals surface area (Å²) in [6, 6.07) is 1.86. The Balaban J connectivity index is 2.95. The Labute approximate surface area is 67.4 Å². The van der Waals surface area contributed by atoms with Crippen LogP contribution in [0.3, 0.4) is 0 Å². The van der Waals surface area contributed by atoms with E-state index in [0.717, 1.165) is 16.3 Å². The van der Waals surface area contributed by atoms with Gasteiger partial charge >= 0.3 is 0 Å². The summed E-state index contributed by atoms with van der Waals surface area (Å²) in [4.78, 5) is 3.89. The van der Waals surface area contributed by atoms with E-state index in [1.807, 2.05) is 6.07 Å². The largest absolute Gasteiger partial charge is 0.516 e. The van der Waals surface area contributed by atoms with Gasteiger partial charge in [-0.15, -0.1) is 0 Å². The number of aliphatic hydroxyl groups excluding tert-OH is 1. The zero-order valence-electron chi connectivity index (χ0n) is 5.16. The van der Waals surface area contributed by atoms with Gasteiger partial charge in [-0.1, -0.05) is 0 Å². The lowest BCUT2D eigenvalue weighted by Crippen LogP contribution is -1.75. The summed E-state index contributed by atoms with van der Waals surface area (Å²) in [7, 11) is 0. The number of pyridine rings is 1. The van der Waals surface area contributed by atoms with Crippen LogP contribution in [-0.4, -0.2) is 10.1 Å². The van der Waals surface area contributed by atoms with Crippen LogP contribution < -0.4 is 0 Å². The van der Waals surface area contributed by atoms with Crippen LogP contribution in [0.4, 0.5) is 0 Å². The van der Waals surface area contributed by atoms with Crippen LogP contribution in [0.5, 0.6) is 0 Å². The molecular formula is C7H6BrNO. The third-order valence-electron chi connectivity index (χ3n) is 0.993. The zero-order valence-corrected chi connectivity index (χ0v) is 6.75. The molecule has 0 atom stereocenters. The van der Waals surface area contributed by atoms with Gasteiger partial charge in [-0.3, -0.25) is 4.98 Å². The molecule has 10 heavy (non-hydrogen) atoms. The molecule has 1 aromatic heterocycles. The maximum Gasteiger partial charge on any atom is 0.0798 e. The Morgan fingerprint density at radius 3 is 2.90 bits per heavy atom. The van der Waals surface area contributed by atoms with Crippen molar-refractivity contribution in [2.75, 3.05) is 0 Å². The summed E-state index contributed by atoms with van der Waals surface area (Å²) in [6.07, 6.45) is 5.91. The average molecular weight is 200 g/mol. The van der Waals surface area contributed by atoms with Gasteiger partial charge in [0, 0.05) is 16.9 Å². The Bertz CT molecular complexity index is 247. The second-order valence-corrected chi connectivity index (χ2v) is 2.67. The number of hydrogen-bond acceptors (Lipinski definition) is 2. The fourth-order valence-corrected chi connectivity index (χ4v) is 0.988. The van der Waals surface area contributed by atoms with Crippen LogP contribution in [0, 0.1) is 0 Å². The minimum absolute atomic E-state index is 0.872. The van der Waals surface area contributed by atoms with E-state index in [1.165, 1.54) is 0 Å². The summed E-state index contributed by atoms with van der Waals surface area (Å²) >= 11 is 3.25. The Morgan fingerprint density at radius 1 is 1.50 bits per heavy atom. The smallest absolute Gasteiger partial charge is 0.0798 e. The standard InChI is InChI=1S/C7H6BrNO/c8-7-3-6(1-2-10)4-9-5-7/h1-5,10H/b2-1+. The molecule has 0 saturated carbocycles. The van der Waals surface area contributed by atoms with Crippen LogP contribution in [0.2, 0.25) is 0 Å².